The van der Waals surface area contributed by atoms with E-state index in [1.54, 1.807) is 17.7 Å². The van der Waals surface area contributed by atoms with Crippen LogP contribution < -0.4 is 11.1 Å². The zero-order valence-electron chi connectivity index (χ0n) is 9.47. The molecule has 1 atom stereocenters. The first kappa shape index (κ1) is 11.3. The van der Waals surface area contributed by atoms with Crippen molar-refractivity contribution in [2.45, 2.75) is 19.9 Å². The van der Waals surface area contributed by atoms with Crippen LogP contribution in [0.15, 0.2) is 17.8 Å². The number of nitrogens with one attached hydrogen (secondary N) is 1. The van der Waals surface area contributed by atoms with Gasteiger partial charge in [0.1, 0.15) is 17.0 Å². The third kappa shape index (κ3) is 2.31. The minimum absolute atomic E-state index is 0.142. The molecule has 2 heterocycles. The van der Waals surface area contributed by atoms with Crippen LogP contribution in [0.1, 0.15) is 13.8 Å². The molecule has 0 saturated heterocycles. The van der Waals surface area contributed by atoms with E-state index in [0.29, 0.717) is 5.92 Å². The third-order valence-electron chi connectivity index (χ3n) is 2.62. The quantitative estimate of drug-likeness (QED) is 0.853. The summed E-state index contributed by atoms with van der Waals surface area (Å²) in [7, 11) is 0. The molecule has 1 unspecified atom stereocenters. The first-order valence-electron chi connectivity index (χ1n) is 5.36. The number of rotatable bonds is 4. The van der Waals surface area contributed by atoms with E-state index in [-0.39, 0.29) is 6.04 Å². The normalized spacial score (nSPS) is 13.2. The van der Waals surface area contributed by atoms with Gasteiger partial charge in [0, 0.05) is 12.6 Å². The number of hydrogen-bond acceptors (Lipinski definition) is 5. The van der Waals surface area contributed by atoms with Crippen molar-refractivity contribution in [2.24, 2.45) is 11.7 Å². The van der Waals surface area contributed by atoms with Crippen LogP contribution >= 0.6 is 11.3 Å². The largest absolute Gasteiger partial charge is 0.368 e. The number of thiophene rings is 1. The lowest BCUT2D eigenvalue weighted by Crippen LogP contribution is -2.34. The van der Waals surface area contributed by atoms with E-state index in [4.69, 9.17) is 5.73 Å². The van der Waals surface area contributed by atoms with E-state index in [1.807, 2.05) is 11.4 Å². The van der Waals surface area contributed by atoms with Crippen LogP contribution in [-0.2, 0) is 0 Å². The lowest BCUT2D eigenvalue weighted by molar-refractivity contribution is 0.511. The molecule has 0 amide bonds. The zero-order valence-corrected chi connectivity index (χ0v) is 10.3. The highest BCUT2D eigenvalue weighted by atomic mass is 32.1. The third-order valence-corrected chi connectivity index (χ3v) is 3.44. The van der Waals surface area contributed by atoms with E-state index in [1.165, 1.54) is 0 Å². The Morgan fingerprint density at radius 2 is 2.25 bits per heavy atom. The van der Waals surface area contributed by atoms with Crippen LogP contribution in [0.5, 0.6) is 0 Å². The summed E-state index contributed by atoms with van der Waals surface area (Å²) in [6, 6.07) is 2.17. The Morgan fingerprint density at radius 1 is 1.44 bits per heavy atom. The van der Waals surface area contributed by atoms with Gasteiger partial charge in [0.05, 0.1) is 5.39 Å². The van der Waals surface area contributed by atoms with Gasteiger partial charge in [-0.3, -0.25) is 0 Å². The number of nitrogens with two attached hydrogens (primary N) is 1. The highest BCUT2D eigenvalue weighted by molar-refractivity contribution is 7.16. The zero-order chi connectivity index (χ0) is 11.5. The van der Waals surface area contributed by atoms with Crippen LogP contribution in [0.3, 0.4) is 0 Å². The summed E-state index contributed by atoms with van der Waals surface area (Å²) >= 11 is 1.62. The molecule has 2 rings (SSSR count). The molecule has 0 bridgehead atoms. The Bertz CT molecular complexity index is 466. The van der Waals surface area contributed by atoms with E-state index < -0.39 is 0 Å². The second-order valence-corrected chi connectivity index (χ2v) is 5.05. The minimum Gasteiger partial charge on any atom is -0.368 e. The van der Waals surface area contributed by atoms with Crippen molar-refractivity contribution in [1.29, 1.82) is 0 Å². The fourth-order valence-electron chi connectivity index (χ4n) is 1.38. The number of nitrogens with zero attached hydrogens (tertiary/aromatic N) is 2. The van der Waals surface area contributed by atoms with E-state index in [2.05, 4.69) is 29.1 Å². The van der Waals surface area contributed by atoms with Gasteiger partial charge in [-0.2, -0.15) is 0 Å². The lowest BCUT2D eigenvalue weighted by atomic mass is 10.1. The highest BCUT2D eigenvalue weighted by Crippen LogP contribution is 2.23. The van der Waals surface area contributed by atoms with Gasteiger partial charge in [-0.25, -0.2) is 9.97 Å². The first-order valence-corrected chi connectivity index (χ1v) is 6.24. The summed E-state index contributed by atoms with van der Waals surface area (Å²) in [4.78, 5) is 9.45. The Labute approximate surface area is 98.9 Å². The van der Waals surface area contributed by atoms with Crippen LogP contribution in [0.2, 0.25) is 0 Å². The second kappa shape index (κ2) is 4.76. The molecule has 0 saturated carbocycles. The maximum atomic E-state index is 5.98. The van der Waals surface area contributed by atoms with Crippen molar-refractivity contribution >= 4 is 27.4 Å². The van der Waals surface area contributed by atoms with Crippen molar-refractivity contribution < 1.29 is 0 Å². The second-order valence-electron chi connectivity index (χ2n) is 4.15. The van der Waals surface area contributed by atoms with Crippen molar-refractivity contribution in [2.75, 3.05) is 11.9 Å². The number of hydrogen-bond donors (Lipinski definition) is 2. The molecule has 5 heteroatoms. The maximum absolute atomic E-state index is 5.98. The van der Waals surface area contributed by atoms with Crippen LogP contribution in [0, 0.1) is 5.92 Å². The summed E-state index contributed by atoms with van der Waals surface area (Å²) in [5.41, 5.74) is 5.98. The molecule has 0 aliphatic rings. The number of aromatic nitrogens is 2. The standard InChI is InChI=1S/C11H16N4S/c1-7(2)9(12)5-13-10-8-3-4-16-11(8)15-6-14-10/h3-4,6-7,9H,5,12H2,1-2H3,(H,13,14,15). The highest BCUT2D eigenvalue weighted by Gasteiger charge is 2.09. The Balaban J connectivity index is 2.12. The molecule has 2 aromatic heterocycles. The van der Waals surface area contributed by atoms with Gasteiger partial charge in [0.25, 0.3) is 0 Å². The molecule has 16 heavy (non-hydrogen) atoms. The van der Waals surface area contributed by atoms with Gasteiger partial charge in [-0.05, 0) is 17.4 Å². The van der Waals surface area contributed by atoms with E-state index >= 15 is 0 Å². The first-order chi connectivity index (χ1) is 7.68. The van der Waals surface area contributed by atoms with Crippen molar-refractivity contribution in [3.05, 3.63) is 17.8 Å². The molecule has 0 aliphatic carbocycles. The van der Waals surface area contributed by atoms with Crippen molar-refractivity contribution in [3.63, 3.8) is 0 Å². The topological polar surface area (TPSA) is 63.8 Å². The number of fused-ring (bicyclic) bond motifs is 1. The van der Waals surface area contributed by atoms with Gasteiger partial charge >= 0.3 is 0 Å². The lowest BCUT2D eigenvalue weighted by Gasteiger charge is -2.16. The van der Waals surface area contributed by atoms with Gasteiger partial charge in [-0.15, -0.1) is 11.3 Å². The Hall–Kier alpha value is -1.20. The molecule has 0 radical (unpaired) electrons. The average Bonchev–Trinajstić information content (AvgIpc) is 2.73. The van der Waals surface area contributed by atoms with Gasteiger partial charge < -0.3 is 11.1 Å². The molecular weight excluding hydrogens is 220 g/mol. The van der Waals surface area contributed by atoms with Crippen molar-refractivity contribution in [1.82, 2.24) is 9.97 Å². The molecule has 4 nitrogen and oxygen atoms in total. The van der Waals surface area contributed by atoms with Gasteiger partial charge in [0.2, 0.25) is 0 Å². The van der Waals surface area contributed by atoms with Gasteiger partial charge in [-0.1, -0.05) is 13.8 Å². The van der Waals surface area contributed by atoms with Crippen LogP contribution in [-0.4, -0.2) is 22.6 Å². The monoisotopic (exact) mass is 236 g/mol. The maximum Gasteiger partial charge on any atom is 0.138 e. The van der Waals surface area contributed by atoms with Crippen LogP contribution in [0.25, 0.3) is 10.2 Å². The van der Waals surface area contributed by atoms with Crippen LogP contribution in [0.4, 0.5) is 5.82 Å². The van der Waals surface area contributed by atoms with E-state index in [0.717, 1.165) is 22.6 Å². The Morgan fingerprint density at radius 3 is 3.00 bits per heavy atom. The number of anilines is 1. The SMILES string of the molecule is CC(C)C(N)CNc1ncnc2sccc12. The van der Waals surface area contributed by atoms with Gasteiger partial charge in [0.15, 0.2) is 0 Å². The molecule has 0 fully saturated rings. The predicted octanol–water partition coefficient (Wildman–Crippen LogP) is 2.09. The summed E-state index contributed by atoms with van der Waals surface area (Å²) in [5.74, 6) is 1.34. The fourth-order valence-corrected chi connectivity index (χ4v) is 2.11. The molecular formula is C11H16N4S. The molecule has 0 spiro atoms. The fraction of sp³-hybridized carbons (Fsp3) is 0.455. The summed E-state index contributed by atoms with van der Waals surface area (Å²) in [5, 5.41) is 6.38. The Kier molecular flexibility index (Phi) is 3.36. The molecule has 0 aliphatic heterocycles. The minimum atomic E-state index is 0.142. The average molecular weight is 236 g/mol. The molecule has 2 aromatic rings. The smallest absolute Gasteiger partial charge is 0.138 e. The predicted molar refractivity (Wildman–Crippen MR) is 68.7 cm³/mol. The molecule has 3 N–H and O–H groups in total. The van der Waals surface area contributed by atoms with Crippen molar-refractivity contribution in [3.8, 4) is 0 Å². The molecule has 0 aromatic carbocycles. The summed E-state index contributed by atoms with van der Waals surface area (Å²) in [6.45, 7) is 4.97. The summed E-state index contributed by atoms with van der Waals surface area (Å²) in [6.07, 6.45) is 1.59. The van der Waals surface area contributed by atoms with E-state index in [9.17, 15) is 0 Å². The summed E-state index contributed by atoms with van der Waals surface area (Å²) < 4.78 is 0. The molecule has 86 valence electrons.